The summed E-state index contributed by atoms with van der Waals surface area (Å²) in [5.41, 5.74) is -1.56. The van der Waals surface area contributed by atoms with Crippen LogP contribution in [0.3, 0.4) is 0 Å². The Bertz CT molecular complexity index is 1430. The number of carbonyl (C=O) groups excluding carboxylic acids is 1. The smallest absolute Gasteiger partial charge is 0.416 e. The first-order chi connectivity index (χ1) is 20.3. The predicted octanol–water partition coefficient (Wildman–Crippen LogP) is 7.83. The average molecular weight is 626 g/mol. The number of nitrogens with zero attached hydrogens (tertiary/aromatic N) is 1. The number of ether oxygens (including phenoxy) is 1. The van der Waals surface area contributed by atoms with Gasteiger partial charge in [-0.3, -0.25) is 14.5 Å². The van der Waals surface area contributed by atoms with Crippen LogP contribution in [0.4, 0.5) is 22.0 Å². The summed E-state index contributed by atoms with van der Waals surface area (Å²) >= 11 is 6.09. The van der Waals surface area contributed by atoms with Crippen molar-refractivity contribution in [1.82, 2.24) is 4.90 Å². The molecule has 4 fully saturated rings. The standard InChI is InChI=1S/C32H33ClF5NO4/c33-25-11-20(32(36,37)38)4-3-19(25)16-39-9-7-31(35,8-10-39)17-43-27-13-26(34)22(12-21(27)18-1-2-18)28(40)23-14-30(5-6-30)15-24(23)29(41)42/h3-4,11-13,18,23-24H,1-2,5-10,14-17H2,(H,41,42)/t23?,24-/m1/s1. The summed E-state index contributed by atoms with van der Waals surface area (Å²) in [6.07, 6.45) is 0.119. The molecule has 3 aliphatic carbocycles. The molecule has 2 atom stereocenters. The van der Waals surface area contributed by atoms with Gasteiger partial charge in [0.25, 0.3) is 0 Å². The van der Waals surface area contributed by atoms with E-state index < -0.39 is 46.8 Å². The van der Waals surface area contributed by atoms with Crippen molar-refractivity contribution < 1.29 is 41.4 Å². The minimum Gasteiger partial charge on any atom is -0.490 e. The molecule has 2 aromatic rings. The number of Topliss-reactive ketones (excluding diaryl/α,β-unsaturated/α-hetero) is 1. The molecule has 1 N–H and O–H groups in total. The van der Waals surface area contributed by atoms with Crippen LogP contribution in [0.2, 0.25) is 5.02 Å². The third-order valence-electron chi connectivity index (χ3n) is 9.80. The molecule has 0 amide bonds. The SMILES string of the molecule is O=C(c1cc(C2CC2)c(OCC2(F)CCN(Cc3ccc(C(F)(F)F)cc3Cl)CC2)cc1F)C1CC2(CC2)C[C@H]1C(=O)O. The van der Waals surface area contributed by atoms with Gasteiger partial charge in [0, 0.05) is 36.6 Å². The Kier molecular flexibility index (Phi) is 7.77. The third-order valence-corrected chi connectivity index (χ3v) is 10.1. The number of rotatable bonds is 9. The predicted molar refractivity (Wildman–Crippen MR) is 149 cm³/mol. The third kappa shape index (κ3) is 6.41. The Morgan fingerprint density at radius 2 is 1.70 bits per heavy atom. The van der Waals surface area contributed by atoms with Gasteiger partial charge in [0.05, 0.1) is 17.0 Å². The molecule has 1 aliphatic heterocycles. The van der Waals surface area contributed by atoms with Gasteiger partial charge in [-0.1, -0.05) is 17.7 Å². The number of carboxylic acids is 1. The van der Waals surface area contributed by atoms with Crippen LogP contribution < -0.4 is 4.74 Å². The van der Waals surface area contributed by atoms with Gasteiger partial charge in [-0.2, -0.15) is 13.2 Å². The second kappa shape index (κ2) is 11.0. The highest BCUT2D eigenvalue weighted by atomic mass is 35.5. The van der Waals surface area contributed by atoms with E-state index >= 15 is 8.78 Å². The van der Waals surface area contributed by atoms with E-state index in [1.165, 1.54) is 12.1 Å². The Hall–Kier alpha value is -2.72. The van der Waals surface area contributed by atoms with E-state index in [0.29, 0.717) is 37.1 Å². The Balaban J connectivity index is 1.10. The normalized spacial score (nSPS) is 24.7. The van der Waals surface area contributed by atoms with Crippen molar-refractivity contribution in [3.8, 4) is 5.75 Å². The lowest BCUT2D eigenvalue weighted by Gasteiger charge is -2.36. The first-order valence-electron chi connectivity index (χ1n) is 14.8. The number of alkyl halides is 4. The van der Waals surface area contributed by atoms with Crippen molar-refractivity contribution >= 4 is 23.4 Å². The van der Waals surface area contributed by atoms with Crippen LogP contribution in [-0.4, -0.2) is 47.1 Å². The monoisotopic (exact) mass is 625 g/mol. The van der Waals surface area contributed by atoms with Crippen molar-refractivity contribution in [2.24, 2.45) is 17.3 Å². The van der Waals surface area contributed by atoms with Crippen molar-refractivity contribution in [1.29, 1.82) is 0 Å². The number of aliphatic carboxylic acids is 1. The largest absolute Gasteiger partial charge is 0.490 e. The number of halogens is 6. The second-order valence-electron chi connectivity index (χ2n) is 13.0. The van der Waals surface area contributed by atoms with E-state index in [4.69, 9.17) is 16.3 Å². The molecular formula is C32H33ClF5NO4. The summed E-state index contributed by atoms with van der Waals surface area (Å²) in [5, 5.41) is 9.72. The molecule has 4 aliphatic rings. The topological polar surface area (TPSA) is 66.8 Å². The van der Waals surface area contributed by atoms with Gasteiger partial charge in [-0.25, -0.2) is 8.78 Å². The molecule has 3 saturated carbocycles. The van der Waals surface area contributed by atoms with E-state index in [1.54, 1.807) is 0 Å². The lowest BCUT2D eigenvalue weighted by atomic mass is 9.87. The summed E-state index contributed by atoms with van der Waals surface area (Å²) in [6.45, 7) is 0.649. The van der Waals surface area contributed by atoms with Crippen LogP contribution in [0.5, 0.6) is 5.75 Å². The van der Waals surface area contributed by atoms with Crippen LogP contribution >= 0.6 is 11.6 Å². The molecule has 0 bridgehead atoms. The van der Waals surface area contributed by atoms with Gasteiger partial charge in [0.1, 0.15) is 23.8 Å². The number of benzene rings is 2. The molecule has 1 heterocycles. The fourth-order valence-electron chi connectivity index (χ4n) is 6.78. The highest BCUT2D eigenvalue weighted by Gasteiger charge is 2.57. The van der Waals surface area contributed by atoms with Gasteiger partial charge in [-0.15, -0.1) is 0 Å². The molecule has 43 heavy (non-hydrogen) atoms. The maximum absolute atomic E-state index is 15.8. The van der Waals surface area contributed by atoms with Crippen molar-refractivity contribution in [2.75, 3.05) is 19.7 Å². The van der Waals surface area contributed by atoms with Gasteiger partial charge in [0.2, 0.25) is 0 Å². The van der Waals surface area contributed by atoms with Gasteiger partial charge >= 0.3 is 12.1 Å². The lowest BCUT2D eigenvalue weighted by molar-refractivity contribution is -0.142. The highest BCUT2D eigenvalue weighted by Crippen LogP contribution is 2.62. The fraction of sp³-hybridized carbons (Fsp3) is 0.562. The zero-order chi connectivity index (χ0) is 30.7. The zero-order valence-corrected chi connectivity index (χ0v) is 24.2. The van der Waals surface area contributed by atoms with E-state index in [1.807, 2.05) is 4.90 Å². The van der Waals surface area contributed by atoms with E-state index in [-0.39, 0.29) is 53.7 Å². The number of hydrogen-bond donors (Lipinski definition) is 1. The second-order valence-corrected chi connectivity index (χ2v) is 13.4. The minimum absolute atomic E-state index is 0.00487. The number of piperidine rings is 1. The number of hydrogen-bond acceptors (Lipinski definition) is 4. The number of carbonyl (C=O) groups is 2. The summed E-state index contributed by atoms with van der Waals surface area (Å²) < 4.78 is 75.9. The minimum atomic E-state index is -4.49. The molecule has 1 unspecified atom stereocenters. The fourth-order valence-corrected chi connectivity index (χ4v) is 7.02. The molecular weight excluding hydrogens is 593 g/mol. The Labute approximate surface area is 251 Å². The molecule has 2 aromatic carbocycles. The van der Waals surface area contributed by atoms with Crippen LogP contribution in [0.15, 0.2) is 30.3 Å². The van der Waals surface area contributed by atoms with Crippen molar-refractivity contribution in [3.05, 3.63) is 63.4 Å². The zero-order valence-electron chi connectivity index (χ0n) is 23.5. The van der Waals surface area contributed by atoms with Crippen LogP contribution in [0.1, 0.15) is 84.3 Å². The molecule has 11 heteroatoms. The number of ketones is 1. The quantitative estimate of drug-likeness (QED) is 0.227. The molecule has 0 radical (unpaired) electrons. The van der Waals surface area contributed by atoms with E-state index in [9.17, 15) is 27.9 Å². The summed E-state index contributed by atoms with van der Waals surface area (Å²) in [6, 6.07) is 5.85. The Morgan fingerprint density at radius 1 is 1.02 bits per heavy atom. The number of likely N-dealkylation sites (tertiary alicyclic amines) is 1. The lowest BCUT2D eigenvalue weighted by Crippen LogP contribution is -2.44. The van der Waals surface area contributed by atoms with Crippen LogP contribution in [0, 0.1) is 23.1 Å². The summed E-state index contributed by atoms with van der Waals surface area (Å²) in [4.78, 5) is 27.2. The van der Waals surface area contributed by atoms with E-state index in [2.05, 4.69) is 0 Å². The molecule has 1 saturated heterocycles. The molecule has 0 aromatic heterocycles. The first kappa shape index (κ1) is 30.3. The van der Waals surface area contributed by atoms with Crippen LogP contribution in [-0.2, 0) is 17.5 Å². The molecule has 1 spiro atoms. The summed E-state index contributed by atoms with van der Waals surface area (Å²) in [5.74, 6) is -3.60. The van der Waals surface area contributed by atoms with Gasteiger partial charge in [0.15, 0.2) is 5.78 Å². The highest BCUT2D eigenvalue weighted by molar-refractivity contribution is 6.31. The first-order valence-corrected chi connectivity index (χ1v) is 15.1. The number of carboxylic acid groups (broad SMARTS) is 1. The molecule has 6 rings (SSSR count). The summed E-state index contributed by atoms with van der Waals surface area (Å²) in [7, 11) is 0. The molecule has 5 nitrogen and oxygen atoms in total. The average Bonchev–Trinajstić information content (AvgIpc) is 3.87. The maximum atomic E-state index is 15.8. The van der Waals surface area contributed by atoms with Gasteiger partial charge < -0.3 is 9.84 Å². The van der Waals surface area contributed by atoms with Crippen LogP contribution in [0.25, 0.3) is 0 Å². The van der Waals surface area contributed by atoms with E-state index in [0.717, 1.165) is 43.9 Å². The molecule has 232 valence electrons. The van der Waals surface area contributed by atoms with Crippen molar-refractivity contribution in [2.45, 2.75) is 75.7 Å². The van der Waals surface area contributed by atoms with Gasteiger partial charge in [-0.05, 0) is 92.0 Å². The maximum Gasteiger partial charge on any atom is 0.416 e. The Morgan fingerprint density at radius 3 is 2.28 bits per heavy atom. The van der Waals surface area contributed by atoms with Crippen molar-refractivity contribution in [3.63, 3.8) is 0 Å².